The summed E-state index contributed by atoms with van der Waals surface area (Å²) >= 11 is 0. The summed E-state index contributed by atoms with van der Waals surface area (Å²) in [6, 6.07) is 15.3. The van der Waals surface area contributed by atoms with Gasteiger partial charge in [0.2, 0.25) is 6.79 Å². The van der Waals surface area contributed by atoms with Crippen molar-refractivity contribution in [2.75, 3.05) is 21.0 Å². The second kappa shape index (κ2) is 7.61. The highest BCUT2D eigenvalue weighted by Crippen LogP contribution is 2.51. The lowest BCUT2D eigenvalue weighted by Gasteiger charge is -2.16. The molecule has 0 radical (unpaired) electrons. The fourth-order valence-electron chi connectivity index (χ4n) is 4.19. The van der Waals surface area contributed by atoms with E-state index in [2.05, 4.69) is 4.98 Å². The van der Waals surface area contributed by atoms with Crippen LogP contribution in [0, 0.1) is 0 Å². The summed E-state index contributed by atoms with van der Waals surface area (Å²) in [5.41, 5.74) is 3.03. The summed E-state index contributed by atoms with van der Waals surface area (Å²) in [5.74, 6) is 3.05. The number of methoxy groups -OCH3 is 2. The monoisotopic (exact) mass is 417 g/mol. The number of carbonyl (C=O) groups excluding carboxylic acids is 1. The lowest BCUT2D eigenvalue weighted by atomic mass is 9.88. The summed E-state index contributed by atoms with van der Waals surface area (Å²) in [6.07, 6.45) is 3.75. The van der Waals surface area contributed by atoms with Crippen LogP contribution >= 0.6 is 0 Å². The predicted molar refractivity (Wildman–Crippen MR) is 115 cm³/mol. The van der Waals surface area contributed by atoms with Crippen molar-refractivity contribution in [1.29, 1.82) is 0 Å². The van der Waals surface area contributed by atoms with Gasteiger partial charge in [0.25, 0.3) is 0 Å². The molecule has 2 heterocycles. The summed E-state index contributed by atoms with van der Waals surface area (Å²) in [7, 11) is 3.26. The largest absolute Gasteiger partial charge is 0.496 e. The van der Waals surface area contributed by atoms with Crippen molar-refractivity contribution in [3.8, 4) is 34.1 Å². The van der Waals surface area contributed by atoms with Crippen molar-refractivity contribution in [3.63, 3.8) is 0 Å². The molecule has 3 aromatic rings. The summed E-state index contributed by atoms with van der Waals surface area (Å²) in [4.78, 5) is 17.8. The van der Waals surface area contributed by atoms with E-state index in [4.69, 9.17) is 18.9 Å². The summed E-state index contributed by atoms with van der Waals surface area (Å²) in [6.45, 7) is 0.229. The van der Waals surface area contributed by atoms with Crippen LogP contribution < -0.4 is 18.9 Å². The second-order valence-electron chi connectivity index (χ2n) is 7.83. The maximum atomic E-state index is 13.2. The molecule has 1 aliphatic heterocycles. The van der Waals surface area contributed by atoms with E-state index in [0.29, 0.717) is 17.2 Å². The fourth-order valence-corrected chi connectivity index (χ4v) is 4.19. The zero-order chi connectivity index (χ0) is 21.4. The number of rotatable bonds is 7. The van der Waals surface area contributed by atoms with Crippen LogP contribution in [0.2, 0.25) is 0 Å². The van der Waals surface area contributed by atoms with Gasteiger partial charge in [0.15, 0.2) is 11.5 Å². The molecule has 6 nitrogen and oxygen atoms in total. The van der Waals surface area contributed by atoms with Gasteiger partial charge in [0, 0.05) is 23.9 Å². The maximum Gasteiger partial charge on any atom is 0.231 e. The Morgan fingerprint density at radius 1 is 1.00 bits per heavy atom. The molecule has 1 saturated carbocycles. The number of ketones is 1. The van der Waals surface area contributed by atoms with Crippen LogP contribution in [0.25, 0.3) is 11.1 Å². The lowest BCUT2D eigenvalue weighted by molar-refractivity contribution is -0.120. The molecule has 0 atom stereocenters. The molecule has 31 heavy (non-hydrogen) atoms. The molecule has 158 valence electrons. The van der Waals surface area contributed by atoms with Crippen LogP contribution in [-0.2, 0) is 16.6 Å². The van der Waals surface area contributed by atoms with Crippen LogP contribution in [-0.4, -0.2) is 31.8 Å². The number of carbonyl (C=O) groups is 1. The Balaban J connectivity index is 1.37. The molecule has 2 aromatic carbocycles. The SMILES string of the molecule is COc1cccc(OC)c1-c1ccc(CC(=O)C2(c3ccc4c(c3)OCO4)CC2)nc1. The minimum absolute atomic E-state index is 0.182. The maximum absolute atomic E-state index is 13.2. The number of pyridine rings is 1. The van der Waals surface area contributed by atoms with E-state index in [-0.39, 0.29) is 19.0 Å². The summed E-state index contributed by atoms with van der Waals surface area (Å²) in [5, 5.41) is 0. The van der Waals surface area contributed by atoms with E-state index < -0.39 is 5.41 Å². The molecule has 1 aliphatic carbocycles. The Bertz CT molecular complexity index is 1110. The zero-order valence-corrected chi connectivity index (χ0v) is 17.5. The molecule has 0 unspecified atom stereocenters. The van der Waals surface area contributed by atoms with Crippen LogP contribution in [0.3, 0.4) is 0 Å². The molecule has 0 amide bonds. The lowest BCUT2D eigenvalue weighted by Crippen LogP contribution is -2.22. The molecule has 0 bridgehead atoms. The average Bonchev–Trinajstić information content (AvgIpc) is 3.50. The number of hydrogen-bond acceptors (Lipinski definition) is 6. The Morgan fingerprint density at radius 2 is 1.74 bits per heavy atom. The van der Waals surface area contributed by atoms with Crippen molar-refractivity contribution in [2.45, 2.75) is 24.7 Å². The fraction of sp³-hybridized carbons (Fsp3) is 0.280. The Hall–Kier alpha value is -3.54. The molecule has 1 fully saturated rings. The van der Waals surface area contributed by atoms with Gasteiger partial charge in [-0.2, -0.15) is 0 Å². The van der Waals surface area contributed by atoms with Crippen molar-refractivity contribution < 1.29 is 23.7 Å². The molecule has 0 spiro atoms. The quantitative estimate of drug-likeness (QED) is 0.570. The van der Waals surface area contributed by atoms with E-state index in [1.165, 1.54) is 0 Å². The molecular weight excluding hydrogens is 394 g/mol. The minimum atomic E-state index is -0.437. The third-order valence-electron chi connectivity index (χ3n) is 6.09. The van der Waals surface area contributed by atoms with Gasteiger partial charge in [0.05, 0.1) is 25.2 Å². The van der Waals surface area contributed by atoms with Gasteiger partial charge < -0.3 is 18.9 Å². The third-order valence-corrected chi connectivity index (χ3v) is 6.09. The number of Topliss-reactive ketones (excluding diaryl/α,β-unsaturated/α-hetero) is 1. The van der Waals surface area contributed by atoms with Crippen molar-refractivity contribution >= 4 is 5.78 Å². The van der Waals surface area contributed by atoms with Gasteiger partial charge in [-0.25, -0.2) is 0 Å². The summed E-state index contributed by atoms with van der Waals surface area (Å²) < 4.78 is 21.9. The van der Waals surface area contributed by atoms with Gasteiger partial charge in [-0.15, -0.1) is 0 Å². The zero-order valence-electron chi connectivity index (χ0n) is 17.5. The van der Waals surface area contributed by atoms with E-state index in [1.54, 1.807) is 20.4 Å². The van der Waals surface area contributed by atoms with E-state index in [1.807, 2.05) is 48.5 Å². The first-order chi connectivity index (χ1) is 15.1. The van der Waals surface area contributed by atoms with Crippen molar-refractivity contribution in [1.82, 2.24) is 4.98 Å². The number of hydrogen-bond donors (Lipinski definition) is 0. The van der Waals surface area contributed by atoms with Gasteiger partial charge in [-0.1, -0.05) is 18.2 Å². The second-order valence-corrected chi connectivity index (χ2v) is 7.83. The third kappa shape index (κ3) is 3.38. The topological polar surface area (TPSA) is 66.9 Å². The van der Waals surface area contributed by atoms with Crippen LogP contribution in [0.1, 0.15) is 24.1 Å². The number of benzene rings is 2. The molecule has 5 rings (SSSR count). The number of fused-ring (bicyclic) bond motifs is 1. The highest BCUT2D eigenvalue weighted by atomic mass is 16.7. The highest BCUT2D eigenvalue weighted by molar-refractivity contribution is 5.94. The smallest absolute Gasteiger partial charge is 0.231 e. The first-order valence-electron chi connectivity index (χ1n) is 10.2. The molecular formula is C25H23NO5. The average molecular weight is 417 g/mol. The van der Waals surface area contributed by atoms with Gasteiger partial charge in [-0.3, -0.25) is 9.78 Å². The van der Waals surface area contributed by atoms with E-state index >= 15 is 0 Å². The predicted octanol–water partition coefficient (Wildman–Crippen LogP) is 4.34. The first-order valence-corrected chi connectivity index (χ1v) is 10.2. The standard InChI is InChI=1S/C25H23NO5/c1-28-20-4-3-5-21(29-2)24(20)16-6-8-18(26-14-16)13-23(27)25(10-11-25)17-7-9-19-22(12-17)31-15-30-19/h3-9,12,14H,10-11,13,15H2,1-2H3. The van der Waals surface area contributed by atoms with Gasteiger partial charge >= 0.3 is 0 Å². The number of aromatic nitrogens is 1. The van der Waals surface area contributed by atoms with Crippen LogP contribution in [0.15, 0.2) is 54.7 Å². The first kappa shape index (κ1) is 19.4. The molecule has 0 saturated heterocycles. The molecule has 1 aromatic heterocycles. The van der Waals surface area contributed by atoms with Crippen molar-refractivity contribution in [2.24, 2.45) is 0 Å². The Morgan fingerprint density at radius 3 is 2.39 bits per heavy atom. The molecule has 6 heteroatoms. The number of ether oxygens (including phenoxy) is 4. The van der Waals surface area contributed by atoms with Gasteiger partial charge in [0.1, 0.15) is 17.3 Å². The molecule has 2 aliphatic rings. The van der Waals surface area contributed by atoms with E-state index in [0.717, 1.165) is 41.0 Å². The van der Waals surface area contributed by atoms with Crippen LogP contribution in [0.4, 0.5) is 0 Å². The Labute approximate surface area is 180 Å². The normalized spacial score (nSPS) is 15.4. The van der Waals surface area contributed by atoms with E-state index in [9.17, 15) is 4.79 Å². The van der Waals surface area contributed by atoms with Crippen molar-refractivity contribution in [3.05, 3.63) is 66.0 Å². The minimum Gasteiger partial charge on any atom is -0.496 e. The highest BCUT2D eigenvalue weighted by Gasteiger charge is 2.50. The Kier molecular flexibility index (Phi) is 4.77. The van der Waals surface area contributed by atoms with Gasteiger partial charge in [-0.05, 0) is 48.7 Å². The molecule has 0 N–H and O–H groups in total. The number of nitrogens with zero attached hydrogens (tertiary/aromatic N) is 1. The van der Waals surface area contributed by atoms with Crippen LogP contribution in [0.5, 0.6) is 23.0 Å².